The van der Waals surface area contributed by atoms with Crippen molar-refractivity contribution in [3.63, 3.8) is 0 Å². The number of furan rings is 1. The lowest BCUT2D eigenvalue weighted by Gasteiger charge is -2.32. The monoisotopic (exact) mass is 320 g/mol. The summed E-state index contributed by atoms with van der Waals surface area (Å²) in [4.78, 5) is 17.1. The van der Waals surface area contributed by atoms with Gasteiger partial charge in [0.1, 0.15) is 0 Å². The van der Waals surface area contributed by atoms with Gasteiger partial charge in [0.25, 0.3) is 0 Å². The van der Waals surface area contributed by atoms with E-state index in [0.29, 0.717) is 32.2 Å². The van der Waals surface area contributed by atoms with E-state index in [1.807, 2.05) is 11.0 Å². The number of nitrogens with zero attached hydrogens (tertiary/aromatic N) is 2. The maximum atomic E-state index is 12.7. The van der Waals surface area contributed by atoms with Gasteiger partial charge in [-0.2, -0.15) is 0 Å². The fraction of sp³-hybridized carbons (Fsp3) is 0.706. The molecule has 3 fully saturated rings. The molecule has 0 N–H and O–H groups in total. The lowest BCUT2D eigenvalue weighted by Crippen LogP contribution is -2.44. The van der Waals surface area contributed by atoms with Crippen molar-refractivity contribution < 1.29 is 18.7 Å². The molecule has 3 aliphatic heterocycles. The molecule has 6 nitrogen and oxygen atoms in total. The van der Waals surface area contributed by atoms with Gasteiger partial charge in [-0.25, -0.2) is 0 Å². The average molecular weight is 320 g/mol. The first-order valence-corrected chi connectivity index (χ1v) is 8.42. The number of rotatable bonds is 4. The molecule has 3 aliphatic rings. The number of amides is 1. The molecular weight excluding hydrogens is 296 g/mol. The van der Waals surface area contributed by atoms with Crippen LogP contribution in [0.4, 0.5) is 0 Å². The molecule has 1 amide bonds. The van der Waals surface area contributed by atoms with Crippen LogP contribution in [0.15, 0.2) is 23.0 Å². The highest BCUT2D eigenvalue weighted by molar-refractivity contribution is 5.77. The van der Waals surface area contributed by atoms with Crippen LogP contribution in [-0.2, 0) is 20.8 Å². The van der Waals surface area contributed by atoms with Crippen molar-refractivity contribution in [2.45, 2.75) is 13.0 Å². The molecule has 0 aromatic carbocycles. The molecule has 0 aliphatic carbocycles. The summed E-state index contributed by atoms with van der Waals surface area (Å²) in [5.74, 6) is 0.716. The van der Waals surface area contributed by atoms with Gasteiger partial charge in [0.15, 0.2) is 0 Å². The summed E-state index contributed by atoms with van der Waals surface area (Å²) >= 11 is 0. The molecule has 0 radical (unpaired) electrons. The Balaban J connectivity index is 1.41. The first-order chi connectivity index (χ1) is 11.3. The SMILES string of the molecule is O=C(C[C@]12COC[C@H]1CN(Cc1ccoc1)C2)N1CCOCC1. The quantitative estimate of drug-likeness (QED) is 0.828. The molecule has 1 aromatic heterocycles. The van der Waals surface area contributed by atoms with Gasteiger partial charge in [0.05, 0.1) is 39.0 Å². The molecule has 1 aromatic rings. The molecule has 23 heavy (non-hydrogen) atoms. The number of carbonyl (C=O) groups is 1. The minimum Gasteiger partial charge on any atom is -0.472 e. The largest absolute Gasteiger partial charge is 0.472 e. The summed E-state index contributed by atoms with van der Waals surface area (Å²) in [5.41, 5.74) is 1.18. The predicted octanol–water partition coefficient (Wildman–Crippen LogP) is 0.977. The van der Waals surface area contributed by atoms with Crippen molar-refractivity contribution in [3.8, 4) is 0 Å². The summed E-state index contributed by atoms with van der Waals surface area (Å²) in [6.07, 6.45) is 4.11. The minimum absolute atomic E-state index is 0.0148. The third kappa shape index (κ3) is 3.03. The van der Waals surface area contributed by atoms with E-state index >= 15 is 0 Å². The molecule has 4 rings (SSSR count). The van der Waals surface area contributed by atoms with Crippen LogP contribution < -0.4 is 0 Å². The Morgan fingerprint density at radius 1 is 1.30 bits per heavy atom. The number of morpholine rings is 1. The molecule has 0 spiro atoms. The van der Waals surface area contributed by atoms with E-state index in [-0.39, 0.29) is 11.3 Å². The van der Waals surface area contributed by atoms with Crippen LogP contribution in [0, 0.1) is 11.3 Å². The van der Waals surface area contributed by atoms with Crippen LogP contribution in [0.25, 0.3) is 0 Å². The van der Waals surface area contributed by atoms with Gasteiger partial charge in [0.2, 0.25) is 5.91 Å². The van der Waals surface area contributed by atoms with Crippen LogP contribution in [0.3, 0.4) is 0 Å². The third-order valence-electron chi connectivity index (χ3n) is 5.45. The lowest BCUT2D eigenvalue weighted by molar-refractivity contribution is -0.138. The van der Waals surface area contributed by atoms with E-state index in [1.165, 1.54) is 5.56 Å². The third-order valence-corrected chi connectivity index (χ3v) is 5.45. The molecule has 6 heteroatoms. The van der Waals surface area contributed by atoms with Crippen molar-refractivity contribution in [2.75, 3.05) is 52.6 Å². The summed E-state index contributed by atoms with van der Waals surface area (Å²) < 4.78 is 16.3. The van der Waals surface area contributed by atoms with Gasteiger partial charge in [0, 0.05) is 56.0 Å². The van der Waals surface area contributed by atoms with E-state index in [4.69, 9.17) is 13.9 Å². The normalized spacial score (nSPS) is 31.5. The average Bonchev–Trinajstić information content (AvgIpc) is 3.25. The molecular formula is C17H24N2O4. The fourth-order valence-electron chi connectivity index (χ4n) is 4.18. The Morgan fingerprint density at radius 3 is 2.96 bits per heavy atom. The van der Waals surface area contributed by atoms with Gasteiger partial charge >= 0.3 is 0 Å². The topological polar surface area (TPSA) is 55.2 Å². The molecule has 0 unspecified atom stereocenters. The molecule has 0 saturated carbocycles. The minimum atomic E-state index is -0.0148. The summed E-state index contributed by atoms with van der Waals surface area (Å²) in [7, 11) is 0. The van der Waals surface area contributed by atoms with Crippen LogP contribution >= 0.6 is 0 Å². The Labute approximate surface area is 136 Å². The number of carbonyl (C=O) groups excluding carboxylic acids is 1. The fourth-order valence-corrected chi connectivity index (χ4v) is 4.18. The zero-order chi connectivity index (χ0) is 15.7. The summed E-state index contributed by atoms with van der Waals surface area (Å²) in [6, 6.07) is 2.01. The number of ether oxygens (including phenoxy) is 2. The van der Waals surface area contributed by atoms with Crippen LogP contribution in [0.1, 0.15) is 12.0 Å². The predicted molar refractivity (Wildman–Crippen MR) is 82.7 cm³/mol. The number of hydrogen-bond donors (Lipinski definition) is 0. The van der Waals surface area contributed by atoms with Gasteiger partial charge in [-0.3, -0.25) is 9.69 Å². The Morgan fingerprint density at radius 2 is 2.17 bits per heavy atom. The molecule has 3 saturated heterocycles. The smallest absolute Gasteiger partial charge is 0.223 e. The maximum Gasteiger partial charge on any atom is 0.223 e. The second-order valence-corrected chi connectivity index (χ2v) is 7.05. The number of likely N-dealkylation sites (tertiary alicyclic amines) is 1. The molecule has 0 bridgehead atoms. The Bertz CT molecular complexity index is 541. The van der Waals surface area contributed by atoms with Crippen LogP contribution in [0.5, 0.6) is 0 Å². The van der Waals surface area contributed by atoms with Crippen molar-refractivity contribution in [1.82, 2.24) is 9.80 Å². The highest BCUT2D eigenvalue weighted by Crippen LogP contribution is 2.44. The van der Waals surface area contributed by atoms with Crippen molar-refractivity contribution in [3.05, 3.63) is 24.2 Å². The van der Waals surface area contributed by atoms with Crippen LogP contribution in [0.2, 0.25) is 0 Å². The first kappa shape index (κ1) is 15.2. The van der Waals surface area contributed by atoms with E-state index in [9.17, 15) is 4.79 Å². The highest BCUT2D eigenvalue weighted by Gasteiger charge is 2.51. The lowest BCUT2D eigenvalue weighted by atomic mass is 9.77. The standard InChI is InChI=1S/C17H24N2O4/c20-16(19-2-5-21-6-3-19)7-17-12-18(8-14-1-4-22-10-14)9-15(17)11-23-13-17/h1,4,10,15H,2-3,5-9,11-13H2/t15-,17+/m1/s1. The van der Waals surface area contributed by atoms with Crippen molar-refractivity contribution in [1.29, 1.82) is 0 Å². The van der Waals surface area contributed by atoms with E-state index in [0.717, 1.165) is 39.3 Å². The second-order valence-electron chi connectivity index (χ2n) is 7.05. The van der Waals surface area contributed by atoms with E-state index in [1.54, 1.807) is 12.5 Å². The first-order valence-electron chi connectivity index (χ1n) is 8.42. The molecule has 126 valence electrons. The second kappa shape index (κ2) is 6.26. The highest BCUT2D eigenvalue weighted by atomic mass is 16.5. The summed E-state index contributed by atoms with van der Waals surface area (Å²) in [5, 5.41) is 0. The number of fused-ring (bicyclic) bond motifs is 1. The maximum absolute atomic E-state index is 12.7. The van der Waals surface area contributed by atoms with Gasteiger partial charge < -0.3 is 18.8 Å². The van der Waals surface area contributed by atoms with Crippen molar-refractivity contribution in [2.24, 2.45) is 11.3 Å². The van der Waals surface area contributed by atoms with Gasteiger partial charge in [-0.1, -0.05) is 0 Å². The molecule has 2 atom stereocenters. The van der Waals surface area contributed by atoms with E-state index < -0.39 is 0 Å². The summed E-state index contributed by atoms with van der Waals surface area (Å²) in [6.45, 7) is 7.06. The Kier molecular flexibility index (Phi) is 4.13. The number of hydrogen-bond acceptors (Lipinski definition) is 5. The molecule has 4 heterocycles. The van der Waals surface area contributed by atoms with Crippen molar-refractivity contribution >= 4 is 5.91 Å². The zero-order valence-electron chi connectivity index (χ0n) is 13.4. The zero-order valence-corrected chi connectivity index (χ0v) is 13.4. The Hall–Kier alpha value is -1.37. The van der Waals surface area contributed by atoms with Crippen LogP contribution in [-0.4, -0.2) is 68.3 Å². The van der Waals surface area contributed by atoms with E-state index in [2.05, 4.69) is 4.90 Å². The van der Waals surface area contributed by atoms with Gasteiger partial charge in [-0.15, -0.1) is 0 Å². The van der Waals surface area contributed by atoms with Gasteiger partial charge in [-0.05, 0) is 6.07 Å².